The number of rotatable bonds is 7. The van der Waals surface area contributed by atoms with Gasteiger partial charge in [-0.3, -0.25) is 14.9 Å². The number of esters is 2. The number of hydrogen-bond donors (Lipinski definition) is 1. The molecule has 0 saturated heterocycles. The standard InChI is InChI=1S/C20H17F3N2O7/c1-3-31-18(27)12-8-13(10-16(9-12)25(29)30)19(28)32-11(2)17(26)24-15-6-4-14(5-7-15)20(21,22)23/h4-11H,3H2,1-2H3,(H,24,26). The normalized spacial score (nSPS) is 11.9. The van der Waals surface area contributed by atoms with Gasteiger partial charge in [-0.25, -0.2) is 9.59 Å². The maximum absolute atomic E-state index is 12.6. The molecule has 2 aromatic rings. The summed E-state index contributed by atoms with van der Waals surface area (Å²) in [6, 6.07) is 6.41. The number of hydrogen-bond acceptors (Lipinski definition) is 7. The zero-order chi connectivity index (χ0) is 24.1. The summed E-state index contributed by atoms with van der Waals surface area (Å²) < 4.78 is 47.5. The zero-order valence-corrected chi connectivity index (χ0v) is 16.8. The summed E-state index contributed by atoms with van der Waals surface area (Å²) in [6.45, 7) is 2.73. The molecule has 0 aliphatic heterocycles. The predicted octanol–water partition coefficient (Wildman–Crippen LogP) is 3.97. The number of nitrogens with zero attached hydrogens (tertiary/aromatic N) is 1. The van der Waals surface area contributed by atoms with Crippen LogP contribution in [0.2, 0.25) is 0 Å². The third-order valence-electron chi connectivity index (χ3n) is 4.01. The quantitative estimate of drug-likeness (QED) is 0.381. The van der Waals surface area contributed by atoms with Crippen molar-refractivity contribution in [2.75, 3.05) is 11.9 Å². The fourth-order valence-corrected chi connectivity index (χ4v) is 2.44. The van der Waals surface area contributed by atoms with Crippen LogP contribution < -0.4 is 5.32 Å². The Hall–Kier alpha value is -3.96. The van der Waals surface area contributed by atoms with Crippen LogP contribution in [0.5, 0.6) is 0 Å². The average Bonchev–Trinajstić information content (AvgIpc) is 2.73. The Balaban J connectivity index is 2.13. The van der Waals surface area contributed by atoms with Gasteiger partial charge in [0.15, 0.2) is 6.10 Å². The number of alkyl halides is 3. The minimum absolute atomic E-state index is 0.00244. The highest BCUT2D eigenvalue weighted by Gasteiger charge is 2.30. The molecule has 0 spiro atoms. The Bertz CT molecular complexity index is 1040. The van der Waals surface area contributed by atoms with E-state index >= 15 is 0 Å². The molecule has 0 aliphatic carbocycles. The molecule has 9 nitrogen and oxygen atoms in total. The summed E-state index contributed by atoms with van der Waals surface area (Å²) in [5, 5.41) is 13.4. The molecule has 0 heterocycles. The summed E-state index contributed by atoms with van der Waals surface area (Å²) >= 11 is 0. The van der Waals surface area contributed by atoms with Crippen molar-refractivity contribution in [1.29, 1.82) is 0 Å². The van der Waals surface area contributed by atoms with Crippen molar-refractivity contribution in [3.05, 3.63) is 69.3 Å². The van der Waals surface area contributed by atoms with Gasteiger partial charge < -0.3 is 14.8 Å². The minimum Gasteiger partial charge on any atom is -0.462 e. The molecule has 170 valence electrons. The molecule has 0 aromatic heterocycles. The van der Waals surface area contributed by atoms with Gasteiger partial charge in [-0.1, -0.05) is 0 Å². The number of ether oxygens (including phenoxy) is 2. The minimum atomic E-state index is -4.54. The van der Waals surface area contributed by atoms with Gasteiger partial charge in [-0.15, -0.1) is 0 Å². The first-order chi connectivity index (χ1) is 14.9. The van der Waals surface area contributed by atoms with Crippen LogP contribution in [-0.4, -0.2) is 35.5 Å². The summed E-state index contributed by atoms with van der Waals surface area (Å²) in [6.07, 6.45) is -5.94. The van der Waals surface area contributed by atoms with Crippen LogP contribution in [0.3, 0.4) is 0 Å². The number of carbonyl (C=O) groups excluding carboxylic acids is 3. The van der Waals surface area contributed by atoms with Crippen molar-refractivity contribution < 1.29 is 42.0 Å². The molecule has 1 atom stereocenters. The zero-order valence-electron chi connectivity index (χ0n) is 16.8. The second-order valence-corrected chi connectivity index (χ2v) is 6.36. The van der Waals surface area contributed by atoms with Gasteiger partial charge in [0, 0.05) is 17.8 Å². The number of nitro benzene ring substituents is 1. The van der Waals surface area contributed by atoms with E-state index in [-0.39, 0.29) is 23.4 Å². The lowest BCUT2D eigenvalue weighted by Crippen LogP contribution is -2.30. The number of carbonyl (C=O) groups is 3. The molecule has 0 radical (unpaired) electrons. The second-order valence-electron chi connectivity index (χ2n) is 6.36. The number of anilines is 1. The van der Waals surface area contributed by atoms with E-state index in [1.807, 2.05) is 0 Å². The molecule has 1 N–H and O–H groups in total. The molecule has 32 heavy (non-hydrogen) atoms. The average molecular weight is 454 g/mol. The molecule has 1 unspecified atom stereocenters. The van der Waals surface area contributed by atoms with E-state index in [9.17, 15) is 37.7 Å². The van der Waals surface area contributed by atoms with Crippen molar-refractivity contribution in [2.24, 2.45) is 0 Å². The van der Waals surface area contributed by atoms with Crippen LogP contribution in [0.4, 0.5) is 24.5 Å². The SMILES string of the molecule is CCOC(=O)c1cc(C(=O)OC(C)C(=O)Nc2ccc(C(F)(F)F)cc2)cc([N+](=O)[O-])c1. The van der Waals surface area contributed by atoms with Gasteiger partial charge in [-0.05, 0) is 44.2 Å². The van der Waals surface area contributed by atoms with Crippen molar-refractivity contribution in [3.63, 3.8) is 0 Å². The highest BCUT2D eigenvalue weighted by Crippen LogP contribution is 2.29. The van der Waals surface area contributed by atoms with E-state index in [4.69, 9.17) is 9.47 Å². The highest BCUT2D eigenvalue weighted by atomic mass is 19.4. The number of benzene rings is 2. The van der Waals surface area contributed by atoms with Crippen molar-refractivity contribution in [3.8, 4) is 0 Å². The first-order valence-electron chi connectivity index (χ1n) is 9.08. The summed E-state index contributed by atoms with van der Waals surface area (Å²) in [4.78, 5) is 46.7. The third-order valence-corrected chi connectivity index (χ3v) is 4.01. The van der Waals surface area contributed by atoms with Crippen molar-refractivity contribution in [2.45, 2.75) is 26.1 Å². The lowest BCUT2D eigenvalue weighted by Gasteiger charge is -2.14. The van der Waals surface area contributed by atoms with Crippen LogP contribution >= 0.6 is 0 Å². The van der Waals surface area contributed by atoms with E-state index in [0.717, 1.165) is 42.5 Å². The van der Waals surface area contributed by atoms with Crippen molar-refractivity contribution >= 4 is 29.2 Å². The van der Waals surface area contributed by atoms with Gasteiger partial charge in [0.05, 0.1) is 28.2 Å². The maximum atomic E-state index is 12.6. The third kappa shape index (κ3) is 6.27. The van der Waals surface area contributed by atoms with Crippen LogP contribution in [0, 0.1) is 10.1 Å². The monoisotopic (exact) mass is 454 g/mol. The molecule has 12 heteroatoms. The predicted molar refractivity (Wildman–Crippen MR) is 104 cm³/mol. The maximum Gasteiger partial charge on any atom is 0.416 e. The molecule has 0 aliphatic rings. The summed E-state index contributed by atoms with van der Waals surface area (Å²) in [7, 11) is 0. The van der Waals surface area contributed by atoms with E-state index in [0.29, 0.717) is 0 Å². The van der Waals surface area contributed by atoms with Crippen LogP contribution in [0.25, 0.3) is 0 Å². The van der Waals surface area contributed by atoms with E-state index in [1.165, 1.54) is 13.8 Å². The van der Waals surface area contributed by atoms with Gasteiger partial charge >= 0.3 is 18.1 Å². The lowest BCUT2D eigenvalue weighted by molar-refractivity contribution is -0.384. The molecule has 1 amide bonds. The molecular weight excluding hydrogens is 437 g/mol. The number of amides is 1. The Labute approximate surface area is 179 Å². The number of nitrogens with one attached hydrogen (secondary N) is 1. The van der Waals surface area contributed by atoms with Gasteiger partial charge in [0.1, 0.15) is 0 Å². The first-order valence-corrected chi connectivity index (χ1v) is 9.08. The van der Waals surface area contributed by atoms with Crippen LogP contribution in [0.15, 0.2) is 42.5 Å². The Morgan fingerprint density at radius 2 is 1.62 bits per heavy atom. The fraction of sp³-hybridized carbons (Fsp3) is 0.250. The second kappa shape index (κ2) is 9.90. The number of non-ortho nitro benzene ring substituents is 1. The smallest absolute Gasteiger partial charge is 0.416 e. The van der Waals surface area contributed by atoms with Gasteiger partial charge in [0.25, 0.3) is 11.6 Å². The van der Waals surface area contributed by atoms with Crippen LogP contribution in [-0.2, 0) is 20.4 Å². The molecule has 0 fully saturated rings. The molecule has 0 saturated carbocycles. The number of halogens is 3. The van der Waals surface area contributed by atoms with E-state index < -0.39 is 46.3 Å². The molecular formula is C20H17F3N2O7. The molecule has 2 rings (SSSR count). The van der Waals surface area contributed by atoms with Gasteiger partial charge in [-0.2, -0.15) is 13.2 Å². The Morgan fingerprint density at radius 1 is 1.06 bits per heavy atom. The first kappa shape index (κ1) is 24.3. The fourth-order valence-electron chi connectivity index (χ4n) is 2.44. The highest BCUT2D eigenvalue weighted by molar-refractivity contribution is 5.99. The topological polar surface area (TPSA) is 125 Å². The Kier molecular flexibility index (Phi) is 7.52. The summed E-state index contributed by atoms with van der Waals surface area (Å²) in [5.41, 5.74) is -2.06. The molecule has 2 aromatic carbocycles. The summed E-state index contributed by atoms with van der Waals surface area (Å²) in [5.74, 6) is -2.87. The largest absolute Gasteiger partial charge is 0.462 e. The van der Waals surface area contributed by atoms with Crippen LogP contribution in [0.1, 0.15) is 40.1 Å². The molecule has 0 bridgehead atoms. The van der Waals surface area contributed by atoms with E-state index in [1.54, 1.807) is 0 Å². The lowest BCUT2D eigenvalue weighted by atomic mass is 10.1. The number of nitro groups is 1. The van der Waals surface area contributed by atoms with Gasteiger partial charge in [0.2, 0.25) is 0 Å². The van der Waals surface area contributed by atoms with Crippen molar-refractivity contribution in [1.82, 2.24) is 0 Å². The Morgan fingerprint density at radius 3 is 2.12 bits per heavy atom. The van der Waals surface area contributed by atoms with E-state index in [2.05, 4.69) is 5.32 Å².